The maximum atomic E-state index is 14.6. The molecule has 4 rings (SSSR count). The number of aromatic nitrogens is 1. The molecule has 13 heteroatoms. The van der Waals surface area contributed by atoms with Crippen LogP contribution in [0, 0.1) is 5.82 Å². The smallest absolute Gasteiger partial charge is 0.342 e. The largest absolute Gasteiger partial charge is 0.481 e. The monoisotopic (exact) mass is 496 g/mol. The van der Waals surface area contributed by atoms with Gasteiger partial charge in [0, 0.05) is 38.0 Å². The van der Waals surface area contributed by atoms with Gasteiger partial charge in [-0.25, -0.2) is 9.18 Å². The third-order valence-electron chi connectivity index (χ3n) is 5.53. The van der Waals surface area contributed by atoms with Gasteiger partial charge in [0.15, 0.2) is 0 Å². The molecule has 1 fully saturated rings. The molecule has 0 unspecified atom stereocenters. The predicted octanol–water partition coefficient (Wildman–Crippen LogP) is 1.14. The highest BCUT2D eigenvalue weighted by Crippen LogP contribution is 2.46. The van der Waals surface area contributed by atoms with Gasteiger partial charge in [-0.15, -0.1) is 0 Å². The minimum absolute atomic E-state index is 0.0162. The Labute approximate surface area is 197 Å². The molecule has 0 radical (unpaired) electrons. The molecule has 1 aromatic carbocycles. The second kappa shape index (κ2) is 10.4. The molecule has 2 aromatic rings. The van der Waals surface area contributed by atoms with E-state index >= 15 is 0 Å². The lowest BCUT2D eigenvalue weighted by Gasteiger charge is -2.34. The predicted molar refractivity (Wildman–Crippen MR) is 123 cm³/mol. The zero-order valence-corrected chi connectivity index (χ0v) is 19.1. The van der Waals surface area contributed by atoms with Gasteiger partial charge < -0.3 is 35.8 Å². The number of pyridine rings is 1. The van der Waals surface area contributed by atoms with Crippen molar-refractivity contribution in [3.05, 3.63) is 33.7 Å². The lowest BCUT2D eigenvalue weighted by Crippen LogP contribution is -2.44. The lowest BCUT2D eigenvalue weighted by molar-refractivity contribution is -0.139. The molecule has 2 aliphatic rings. The third kappa shape index (κ3) is 5.16. The summed E-state index contributed by atoms with van der Waals surface area (Å²) in [4.78, 5) is 45.8. The van der Waals surface area contributed by atoms with E-state index in [2.05, 4.69) is 5.32 Å². The summed E-state index contributed by atoms with van der Waals surface area (Å²) in [5.41, 5.74) is 5.18. The van der Waals surface area contributed by atoms with Gasteiger partial charge in [0.05, 0.1) is 21.6 Å². The van der Waals surface area contributed by atoms with Crippen molar-refractivity contribution in [2.75, 3.05) is 31.1 Å². The number of carboxylic acid groups (broad SMARTS) is 3. The van der Waals surface area contributed by atoms with E-state index in [1.807, 2.05) is 16.4 Å². The number of aliphatic carboxylic acids is 2. The van der Waals surface area contributed by atoms with Crippen LogP contribution in [0.4, 0.5) is 10.1 Å². The normalized spacial score (nSPS) is 17.7. The zero-order valence-electron chi connectivity index (χ0n) is 18.3. The van der Waals surface area contributed by atoms with Gasteiger partial charge in [-0.1, -0.05) is 11.8 Å². The van der Waals surface area contributed by atoms with Crippen LogP contribution >= 0.6 is 11.8 Å². The van der Waals surface area contributed by atoms with E-state index in [0.29, 0.717) is 29.3 Å². The van der Waals surface area contributed by atoms with Crippen molar-refractivity contribution in [2.24, 2.45) is 5.73 Å². The molecule has 0 saturated carbocycles. The Balaban J connectivity index is 0.000000277. The van der Waals surface area contributed by atoms with Gasteiger partial charge >= 0.3 is 17.9 Å². The van der Waals surface area contributed by atoms with E-state index in [9.17, 15) is 28.7 Å². The summed E-state index contributed by atoms with van der Waals surface area (Å²) in [6.45, 7) is 4.87. The van der Waals surface area contributed by atoms with Crippen molar-refractivity contribution in [3.8, 4) is 0 Å². The number of thioether (sulfide) groups is 1. The van der Waals surface area contributed by atoms with Crippen LogP contribution in [0.3, 0.4) is 0 Å². The first kappa shape index (κ1) is 25.5. The number of nitrogens with zero attached hydrogens (tertiary/aromatic N) is 2. The van der Waals surface area contributed by atoms with E-state index in [4.69, 9.17) is 15.9 Å². The summed E-state index contributed by atoms with van der Waals surface area (Å²) < 4.78 is 16.4. The molecule has 6 N–H and O–H groups in total. The number of anilines is 1. The number of hydrogen-bond donors (Lipinski definition) is 5. The van der Waals surface area contributed by atoms with Crippen LogP contribution in [0.1, 0.15) is 35.5 Å². The fourth-order valence-electron chi connectivity index (χ4n) is 3.77. The standard InChI is InChI=1S/C16H16FN3O3S.C5H9NO4/c1-8-20-11-7-12(19-4-2-18-3-5-19)10(17)6-9(11)14(21)13(16(22)23)15(20)24-8;6-3(5(9)10)1-2-4(7)8/h6-8,18H,2-5H2,1H3,(H,22,23);3H,1-2,6H2,(H,7,8)(H,9,10)/t8-;3-/m00/s1. The molecule has 0 amide bonds. The van der Waals surface area contributed by atoms with E-state index in [1.165, 1.54) is 17.8 Å². The number of carbonyl (C=O) groups is 3. The maximum absolute atomic E-state index is 14.6. The number of rotatable bonds is 6. The van der Waals surface area contributed by atoms with Crippen molar-refractivity contribution in [1.82, 2.24) is 9.88 Å². The van der Waals surface area contributed by atoms with Crippen LogP contribution in [0.25, 0.3) is 10.9 Å². The minimum Gasteiger partial charge on any atom is -0.481 e. The quantitative estimate of drug-likeness (QED) is 0.388. The van der Waals surface area contributed by atoms with Crippen LogP contribution < -0.4 is 21.4 Å². The van der Waals surface area contributed by atoms with Crippen molar-refractivity contribution in [1.29, 1.82) is 0 Å². The van der Waals surface area contributed by atoms with Crippen LogP contribution in [-0.4, -0.2) is 70.0 Å². The summed E-state index contributed by atoms with van der Waals surface area (Å²) in [6, 6.07) is 1.81. The number of aromatic carboxylic acids is 1. The van der Waals surface area contributed by atoms with Gasteiger partial charge in [-0.2, -0.15) is 0 Å². The first-order valence-corrected chi connectivity index (χ1v) is 11.4. The van der Waals surface area contributed by atoms with Crippen molar-refractivity contribution in [2.45, 2.75) is 36.2 Å². The summed E-state index contributed by atoms with van der Waals surface area (Å²) in [5.74, 6) is -3.95. The third-order valence-corrected chi connectivity index (χ3v) is 6.71. The van der Waals surface area contributed by atoms with Gasteiger partial charge in [0.25, 0.3) is 0 Å². The Morgan fingerprint density at radius 1 is 1.24 bits per heavy atom. The van der Waals surface area contributed by atoms with Gasteiger partial charge in [-0.05, 0) is 25.5 Å². The molecular formula is C21H25FN4O7S. The highest BCUT2D eigenvalue weighted by atomic mass is 32.2. The fourth-order valence-corrected chi connectivity index (χ4v) is 4.93. The molecule has 2 atom stereocenters. The summed E-state index contributed by atoms with van der Waals surface area (Å²) in [5, 5.41) is 29.4. The van der Waals surface area contributed by atoms with E-state index in [0.717, 1.165) is 13.1 Å². The molecule has 3 heterocycles. The van der Waals surface area contributed by atoms with Gasteiger partial charge in [-0.3, -0.25) is 14.4 Å². The van der Waals surface area contributed by atoms with E-state index < -0.39 is 35.2 Å². The average Bonchev–Trinajstić information content (AvgIpc) is 2.77. The Hall–Kier alpha value is -3.16. The Kier molecular flexibility index (Phi) is 7.79. The molecule has 2 aliphatic heterocycles. The van der Waals surface area contributed by atoms with Crippen molar-refractivity contribution < 1.29 is 34.1 Å². The Morgan fingerprint density at radius 3 is 2.41 bits per heavy atom. The van der Waals surface area contributed by atoms with Gasteiger partial charge in [0.1, 0.15) is 17.4 Å². The summed E-state index contributed by atoms with van der Waals surface area (Å²) in [6.07, 6.45) is -0.224. The molecular weight excluding hydrogens is 471 g/mol. The Morgan fingerprint density at radius 2 is 1.88 bits per heavy atom. The lowest BCUT2D eigenvalue weighted by atomic mass is 10.1. The highest BCUT2D eigenvalue weighted by molar-refractivity contribution is 8.00. The molecule has 1 aromatic heterocycles. The van der Waals surface area contributed by atoms with Crippen LogP contribution in [0.5, 0.6) is 0 Å². The molecule has 0 spiro atoms. The number of nitrogens with two attached hydrogens (primary N) is 1. The molecule has 34 heavy (non-hydrogen) atoms. The molecule has 0 aliphatic carbocycles. The first-order chi connectivity index (χ1) is 16.0. The summed E-state index contributed by atoms with van der Waals surface area (Å²) >= 11 is 1.35. The topological polar surface area (TPSA) is 175 Å². The fraction of sp³-hybridized carbons (Fsp3) is 0.429. The Bertz CT molecular complexity index is 1200. The van der Waals surface area contributed by atoms with E-state index in [-0.39, 0.29) is 29.2 Å². The number of piperazine rings is 1. The average molecular weight is 497 g/mol. The number of halogens is 1. The second-order valence-electron chi connectivity index (χ2n) is 7.84. The number of hydrogen-bond acceptors (Lipinski definition) is 8. The van der Waals surface area contributed by atoms with Gasteiger partial charge in [0.2, 0.25) is 5.43 Å². The highest BCUT2D eigenvalue weighted by Gasteiger charge is 2.33. The maximum Gasteiger partial charge on any atom is 0.342 e. The van der Waals surface area contributed by atoms with Crippen LogP contribution in [-0.2, 0) is 9.59 Å². The van der Waals surface area contributed by atoms with Crippen molar-refractivity contribution in [3.63, 3.8) is 0 Å². The second-order valence-corrected chi connectivity index (χ2v) is 9.14. The van der Waals surface area contributed by atoms with E-state index in [1.54, 1.807) is 6.07 Å². The number of nitrogens with one attached hydrogen (secondary N) is 1. The number of carboxylic acids is 3. The first-order valence-electron chi connectivity index (χ1n) is 10.5. The number of fused-ring (bicyclic) bond motifs is 3. The molecule has 0 bridgehead atoms. The minimum atomic E-state index is -1.27. The number of benzene rings is 1. The van der Waals surface area contributed by atoms with Crippen LogP contribution in [0.15, 0.2) is 22.0 Å². The molecule has 11 nitrogen and oxygen atoms in total. The zero-order chi connectivity index (χ0) is 25.2. The SMILES string of the molecule is C[C@@H]1Sc2c(C(=O)O)c(=O)c3cc(F)c(N4CCNCC4)cc3n21.N[C@@H](CCC(=O)O)C(=O)O. The van der Waals surface area contributed by atoms with Crippen molar-refractivity contribution >= 4 is 46.3 Å². The summed E-state index contributed by atoms with van der Waals surface area (Å²) in [7, 11) is 0. The molecule has 184 valence electrons. The van der Waals surface area contributed by atoms with Crippen LogP contribution in [0.2, 0.25) is 0 Å². The molecule has 1 saturated heterocycles.